The number of aromatic nitrogens is 2. The van der Waals surface area contributed by atoms with Crippen molar-refractivity contribution in [3.63, 3.8) is 0 Å². The van der Waals surface area contributed by atoms with Crippen LogP contribution in [0.4, 0.5) is 0 Å². The van der Waals surface area contributed by atoms with E-state index in [-0.39, 0.29) is 0 Å². The molecule has 0 saturated carbocycles. The summed E-state index contributed by atoms with van der Waals surface area (Å²) >= 11 is 0. The third-order valence-electron chi connectivity index (χ3n) is 8.66. The van der Waals surface area contributed by atoms with Gasteiger partial charge >= 0.3 is 0 Å². The standard InChI is InChI=1S/C35H22N2Si/c1-5-14-29-24(10-1)25-11-2-6-15-30(25)37(29)23-19-20-28-34(22-23)38(33-18-9-21-36-35(28)33)31-16-7-3-12-26(31)27-13-4-8-17-32(27)38/h1-22H. The zero-order chi connectivity index (χ0) is 24.8. The fourth-order valence-electron chi connectivity index (χ4n) is 7.27. The Labute approximate surface area is 221 Å². The molecule has 0 radical (unpaired) electrons. The number of rotatable bonds is 1. The Kier molecular flexibility index (Phi) is 3.84. The van der Waals surface area contributed by atoms with Crippen molar-refractivity contribution >= 4 is 50.6 Å². The highest BCUT2D eigenvalue weighted by Crippen LogP contribution is 2.37. The lowest BCUT2D eigenvalue weighted by molar-refractivity contribution is 1.18. The first kappa shape index (κ1) is 20.3. The van der Waals surface area contributed by atoms with Crippen molar-refractivity contribution in [1.29, 1.82) is 0 Å². The van der Waals surface area contributed by atoms with Crippen LogP contribution in [0.5, 0.6) is 0 Å². The van der Waals surface area contributed by atoms with E-state index < -0.39 is 8.07 Å². The molecule has 0 amide bonds. The Balaban J connectivity index is 1.43. The Hall–Kier alpha value is -4.73. The minimum atomic E-state index is -2.51. The number of hydrogen-bond donors (Lipinski definition) is 0. The van der Waals surface area contributed by atoms with Crippen LogP contribution < -0.4 is 20.7 Å². The number of hydrogen-bond acceptors (Lipinski definition) is 1. The SMILES string of the molecule is c1ccc2c(c1)-c1ccccc1[Si]21c2cc(-n3c4ccccc4c4ccccc43)ccc2-c2ncccc21. The summed E-state index contributed by atoms with van der Waals surface area (Å²) in [6.07, 6.45) is 1.95. The predicted molar refractivity (Wildman–Crippen MR) is 160 cm³/mol. The van der Waals surface area contributed by atoms with Gasteiger partial charge in [-0.3, -0.25) is 4.98 Å². The molecule has 38 heavy (non-hydrogen) atoms. The summed E-state index contributed by atoms with van der Waals surface area (Å²) in [6, 6.07) is 47.2. The maximum atomic E-state index is 4.99. The van der Waals surface area contributed by atoms with E-state index in [1.165, 1.54) is 64.9 Å². The van der Waals surface area contributed by atoms with E-state index in [1.54, 1.807) is 0 Å². The summed E-state index contributed by atoms with van der Waals surface area (Å²) in [5, 5.41) is 8.39. The lowest BCUT2D eigenvalue weighted by Crippen LogP contribution is -2.70. The monoisotopic (exact) mass is 498 g/mol. The average Bonchev–Trinajstić information content (AvgIpc) is 3.59. The van der Waals surface area contributed by atoms with Gasteiger partial charge < -0.3 is 4.57 Å². The van der Waals surface area contributed by atoms with E-state index in [9.17, 15) is 0 Å². The summed E-state index contributed by atoms with van der Waals surface area (Å²) in [5.41, 5.74) is 8.87. The zero-order valence-corrected chi connectivity index (χ0v) is 21.6. The number of benzene rings is 5. The third-order valence-corrected chi connectivity index (χ3v) is 13.6. The van der Waals surface area contributed by atoms with Crippen LogP contribution in [-0.2, 0) is 0 Å². The van der Waals surface area contributed by atoms with E-state index in [0.29, 0.717) is 0 Å². The molecule has 3 heteroatoms. The first-order valence-electron chi connectivity index (χ1n) is 13.2. The van der Waals surface area contributed by atoms with Crippen molar-refractivity contribution in [1.82, 2.24) is 9.55 Å². The van der Waals surface area contributed by atoms with Crippen LogP contribution in [-0.4, -0.2) is 17.6 Å². The van der Waals surface area contributed by atoms with Crippen LogP contribution in [0.15, 0.2) is 134 Å². The minimum Gasteiger partial charge on any atom is -0.309 e. The molecule has 4 heterocycles. The second-order valence-electron chi connectivity index (χ2n) is 10.3. The summed E-state index contributed by atoms with van der Waals surface area (Å²) in [6.45, 7) is 0. The lowest BCUT2D eigenvalue weighted by Gasteiger charge is -2.27. The smallest absolute Gasteiger partial charge is 0.183 e. The molecule has 2 aromatic heterocycles. The van der Waals surface area contributed by atoms with Crippen LogP contribution in [0.1, 0.15) is 0 Å². The highest BCUT2D eigenvalue weighted by molar-refractivity contribution is 7.24. The van der Waals surface area contributed by atoms with Gasteiger partial charge in [0.25, 0.3) is 0 Å². The third kappa shape index (κ3) is 2.31. The van der Waals surface area contributed by atoms with Crippen molar-refractivity contribution in [2.24, 2.45) is 0 Å². The van der Waals surface area contributed by atoms with E-state index in [0.717, 1.165) is 5.69 Å². The highest BCUT2D eigenvalue weighted by atomic mass is 28.3. The Morgan fingerprint density at radius 2 is 1.05 bits per heavy atom. The molecule has 0 atom stereocenters. The Bertz CT molecular complexity index is 1990. The van der Waals surface area contributed by atoms with E-state index >= 15 is 0 Å². The van der Waals surface area contributed by atoms with Gasteiger partial charge in [-0.15, -0.1) is 0 Å². The van der Waals surface area contributed by atoms with Crippen molar-refractivity contribution in [2.75, 3.05) is 0 Å². The van der Waals surface area contributed by atoms with Gasteiger partial charge in [0.05, 0.1) is 16.7 Å². The topological polar surface area (TPSA) is 17.8 Å². The minimum absolute atomic E-state index is 1.15. The number of nitrogens with zero attached hydrogens (tertiary/aromatic N) is 2. The van der Waals surface area contributed by atoms with Gasteiger partial charge in [0.15, 0.2) is 8.07 Å². The fourth-order valence-corrected chi connectivity index (χ4v) is 12.8. The van der Waals surface area contributed by atoms with Gasteiger partial charge in [-0.05, 0) is 62.2 Å². The number of para-hydroxylation sites is 2. The predicted octanol–water partition coefficient (Wildman–Crippen LogP) is 5.52. The molecule has 5 aromatic carbocycles. The lowest BCUT2D eigenvalue weighted by atomic mass is 10.1. The molecule has 0 aliphatic carbocycles. The quantitative estimate of drug-likeness (QED) is 0.273. The second-order valence-corrected chi connectivity index (χ2v) is 14.0. The van der Waals surface area contributed by atoms with Gasteiger partial charge in [-0.25, -0.2) is 0 Å². The van der Waals surface area contributed by atoms with Crippen molar-refractivity contribution < 1.29 is 0 Å². The van der Waals surface area contributed by atoms with Gasteiger partial charge in [0.2, 0.25) is 0 Å². The van der Waals surface area contributed by atoms with Gasteiger partial charge in [-0.2, -0.15) is 0 Å². The van der Waals surface area contributed by atoms with Crippen molar-refractivity contribution in [3.8, 4) is 28.1 Å². The molecule has 2 nitrogen and oxygen atoms in total. The summed E-state index contributed by atoms with van der Waals surface area (Å²) < 4.78 is 2.44. The van der Waals surface area contributed by atoms with Crippen molar-refractivity contribution in [3.05, 3.63) is 134 Å². The molecule has 0 saturated heterocycles. The number of pyridine rings is 1. The average molecular weight is 499 g/mol. The summed E-state index contributed by atoms with van der Waals surface area (Å²) in [4.78, 5) is 4.99. The van der Waals surface area contributed by atoms with Gasteiger partial charge in [0.1, 0.15) is 0 Å². The molecule has 2 aliphatic heterocycles. The van der Waals surface area contributed by atoms with Crippen LogP contribution in [0.25, 0.3) is 49.9 Å². The molecule has 7 aromatic rings. The van der Waals surface area contributed by atoms with Crippen LogP contribution in [0.2, 0.25) is 0 Å². The highest BCUT2D eigenvalue weighted by Gasteiger charge is 2.54. The Morgan fingerprint density at radius 3 is 1.74 bits per heavy atom. The molecular formula is C35H22N2Si. The molecule has 9 rings (SSSR count). The van der Waals surface area contributed by atoms with Crippen LogP contribution >= 0.6 is 0 Å². The van der Waals surface area contributed by atoms with E-state index in [1.807, 2.05) is 6.20 Å². The summed E-state index contributed by atoms with van der Waals surface area (Å²) in [7, 11) is -2.51. The number of fused-ring (bicyclic) bond motifs is 13. The first-order chi connectivity index (χ1) is 18.9. The van der Waals surface area contributed by atoms with Crippen LogP contribution in [0.3, 0.4) is 0 Å². The first-order valence-corrected chi connectivity index (χ1v) is 15.2. The normalized spacial score (nSPS) is 14.0. The molecule has 0 fully saturated rings. The molecule has 0 N–H and O–H groups in total. The molecule has 0 unspecified atom stereocenters. The largest absolute Gasteiger partial charge is 0.309 e. The molecule has 2 aliphatic rings. The maximum Gasteiger partial charge on any atom is 0.183 e. The summed E-state index contributed by atoms with van der Waals surface area (Å²) in [5.74, 6) is 0. The van der Waals surface area contributed by atoms with Crippen molar-refractivity contribution in [2.45, 2.75) is 0 Å². The van der Waals surface area contributed by atoms with Crippen LogP contribution in [0, 0.1) is 0 Å². The molecule has 0 bridgehead atoms. The Morgan fingerprint density at radius 1 is 0.474 bits per heavy atom. The fraction of sp³-hybridized carbons (Fsp3) is 0. The molecular weight excluding hydrogens is 476 g/mol. The molecule has 1 spiro atoms. The van der Waals surface area contributed by atoms with Gasteiger partial charge in [0, 0.05) is 28.2 Å². The zero-order valence-electron chi connectivity index (χ0n) is 20.6. The van der Waals surface area contributed by atoms with E-state index in [4.69, 9.17) is 4.98 Å². The molecule has 176 valence electrons. The van der Waals surface area contributed by atoms with E-state index in [2.05, 4.69) is 132 Å². The maximum absolute atomic E-state index is 4.99. The van der Waals surface area contributed by atoms with Gasteiger partial charge in [-0.1, -0.05) is 97.1 Å². The second kappa shape index (κ2) is 7.18.